The van der Waals surface area contributed by atoms with Crippen molar-refractivity contribution in [3.05, 3.63) is 52.3 Å². The first-order valence-electron chi connectivity index (χ1n) is 8.50. The third kappa shape index (κ3) is 4.13. The number of carbonyl (C=O) groups is 3. The van der Waals surface area contributed by atoms with Gasteiger partial charge in [0.05, 0.1) is 41.3 Å². The summed E-state index contributed by atoms with van der Waals surface area (Å²) < 4.78 is 10.3. The predicted molar refractivity (Wildman–Crippen MR) is 98.0 cm³/mol. The highest BCUT2D eigenvalue weighted by Gasteiger charge is 2.27. The molecule has 0 bridgehead atoms. The second-order valence-corrected chi connectivity index (χ2v) is 5.73. The van der Waals surface area contributed by atoms with Gasteiger partial charge in [0, 0.05) is 5.56 Å². The minimum Gasteiger partial charge on any atom is -0.478 e. The fourth-order valence-corrected chi connectivity index (χ4v) is 2.82. The van der Waals surface area contributed by atoms with E-state index in [4.69, 9.17) is 14.6 Å². The van der Waals surface area contributed by atoms with Crippen LogP contribution in [0.5, 0.6) is 0 Å². The molecule has 0 fully saturated rings. The molecule has 0 spiro atoms. The maximum absolute atomic E-state index is 12.6. The molecular formula is C20H21NO6. The number of aromatic nitrogens is 1. The van der Waals surface area contributed by atoms with E-state index in [-0.39, 0.29) is 29.9 Å². The van der Waals surface area contributed by atoms with Crippen LogP contribution in [-0.2, 0) is 9.47 Å². The lowest BCUT2D eigenvalue weighted by Crippen LogP contribution is -2.17. The smallest absolute Gasteiger partial charge is 0.340 e. The van der Waals surface area contributed by atoms with Crippen LogP contribution in [0.3, 0.4) is 0 Å². The standard InChI is InChI=1S/C20H21NO6/c1-5-26-19(24)15-11(3)21-12(4)16(20(25)27-6-2)17(15)13-7-9-14(10-8-13)18(22)23/h7-10H,5-6H2,1-4H3,(H,22,23). The van der Waals surface area contributed by atoms with Gasteiger partial charge in [0.15, 0.2) is 0 Å². The zero-order chi connectivity index (χ0) is 20.1. The highest BCUT2D eigenvalue weighted by atomic mass is 16.5. The lowest BCUT2D eigenvalue weighted by atomic mass is 9.92. The number of carboxylic acid groups (broad SMARTS) is 1. The monoisotopic (exact) mass is 371 g/mol. The summed E-state index contributed by atoms with van der Waals surface area (Å²) in [4.78, 5) is 40.6. The molecule has 2 aromatic rings. The number of hydrogen-bond acceptors (Lipinski definition) is 6. The fraction of sp³-hybridized carbons (Fsp3) is 0.300. The van der Waals surface area contributed by atoms with Crippen molar-refractivity contribution in [3.8, 4) is 11.1 Å². The van der Waals surface area contributed by atoms with Crippen LogP contribution >= 0.6 is 0 Å². The lowest BCUT2D eigenvalue weighted by molar-refractivity contribution is 0.0523. The van der Waals surface area contributed by atoms with Crippen molar-refractivity contribution in [3.63, 3.8) is 0 Å². The van der Waals surface area contributed by atoms with Gasteiger partial charge in [0.25, 0.3) is 0 Å². The number of hydrogen-bond donors (Lipinski definition) is 1. The summed E-state index contributed by atoms with van der Waals surface area (Å²) in [6.45, 7) is 7.01. The van der Waals surface area contributed by atoms with Gasteiger partial charge < -0.3 is 14.6 Å². The molecule has 7 nitrogen and oxygen atoms in total. The van der Waals surface area contributed by atoms with Gasteiger partial charge in [-0.25, -0.2) is 14.4 Å². The first-order chi connectivity index (χ1) is 12.8. The number of carboxylic acids is 1. The van der Waals surface area contributed by atoms with Gasteiger partial charge in [-0.05, 0) is 45.4 Å². The van der Waals surface area contributed by atoms with Crippen molar-refractivity contribution in [1.82, 2.24) is 4.98 Å². The number of carbonyl (C=O) groups excluding carboxylic acids is 2. The Kier molecular flexibility index (Phi) is 6.28. The Morgan fingerprint density at radius 2 is 1.33 bits per heavy atom. The number of benzene rings is 1. The zero-order valence-electron chi connectivity index (χ0n) is 15.7. The highest BCUT2D eigenvalue weighted by molar-refractivity contribution is 6.07. The highest BCUT2D eigenvalue weighted by Crippen LogP contribution is 2.32. The Morgan fingerprint density at radius 3 is 1.70 bits per heavy atom. The summed E-state index contributed by atoms with van der Waals surface area (Å²) in [5.41, 5.74) is 2.07. The van der Waals surface area contributed by atoms with Gasteiger partial charge >= 0.3 is 17.9 Å². The van der Waals surface area contributed by atoms with Gasteiger partial charge in [-0.15, -0.1) is 0 Å². The van der Waals surface area contributed by atoms with E-state index in [1.165, 1.54) is 12.1 Å². The molecule has 7 heteroatoms. The number of pyridine rings is 1. The van der Waals surface area contributed by atoms with E-state index in [0.29, 0.717) is 22.5 Å². The van der Waals surface area contributed by atoms with E-state index in [9.17, 15) is 14.4 Å². The van der Waals surface area contributed by atoms with Crippen molar-refractivity contribution in [2.24, 2.45) is 0 Å². The molecule has 0 saturated carbocycles. The number of rotatable bonds is 6. The van der Waals surface area contributed by atoms with E-state index in [2.05, 4.69) is 4.98 Å². The largest absolute Gasteiger partial charge is 0.478 e. The van der Waals surface area contributed by atoms with Crippen LogP contribution < -0.4 is 0 Å². The molecule has 1 heterocycles. The molecule has 0 aliphatic carbocycles. The van der Waals surface area contributed by atoms with Crippen LogP contribution in [0.15, 0.2) is 24.3 Å². The first kappa shape index (κ1) is 20.1. The third-order valence-electron chi connectivity index (χ3n) is 3.94. The Morgan fingerprint density at radius 1 is 0.889 bits per heavy atom. The van der Waals surface area contributed by atoms with Crippen LogP contribution in [0.1, 0.15) is 56.3 Å². The maximum atomic E-state index is 12.6. The summed E-state index contributed by atoms with van der Waals surface area (Å²) in [5, 5.41) is 9.10. The molecule has 2 rings (SSSR count). The molecule has 1 N–H and O–H groups in total. The molecular weight excluding hydrogens is 350 g/mol. The maximum Gasteiger partial charge on any atom is 0.340 e. The van der Waals surface area contributed by atoms with Crippen molar-refractivity contribution < 1.29 is 29.0 Å². The number of aromatic carboxylic acids is 1. The Hall–Kier alpha value is -3.22. The van der Waals surface area contributed by atoms with Gasteiger partial charge in [-0.1, -0.05) is 12.1 Å². The Labute approximate surface area is 156 Å². The van der Waals surface area contributed by atoms with Crippen LogP contribution in [0.2, 0.25) is 0 Å². The van der Waals surface area contributed by atoms with Crippen molar-refractivity contribution in [1.29, 1.82) is 0 Å². The van der Waals surface area contributed by atoms with Gasteiger partial charge in [0.2, 0.25) is 0 Å². The predicted octanol–water partition coefficient (Wildman–Crippen LogP) is 3.42. The number of aryl methyl sites for hydroxylation is 2. The molecule has 0 aliphatic rings. The van der Waals surface area contributed by atoms with Crippen molar-refractivity contribution in [2.75, 3.05) is 13.2 Å². The van der Waals surface area contributed by atoms with E-state index in [0.717, 1.165) is 0 Å². The summed E-state index contributed by atoms with van der Waals surface area (Å²) >= 11 is 0. The molecule has 0 aliphatic heterocycles. The minimum atomic E-state index is -1.07. The number of ether oxygens (including phenoxy) is 2. The lowest BCUT2D eigenvalue weighted by Gasteiger charge is -2.17. The zero-order valence-corrected chi connectivity index (χ0v) is 15.7. The van der Waals surface area contributed by atoms with E-state index in [1.807, 2.05) is 0 Å². The molecule has 0 radical (unpaired) electrons. The second kappa shape index (κ2) is 8.44. The molecule has 27 heavy (non-hydrogen) atoms. The molecule has 0 amide bonds. The minimum absolute atomic E-state index is 0.0941. The number of esters is 2. The summed E-state index contributed by atoms with van der Waals surface area (Å²) in [6, 6.07) is 5.91. The van der Waals surface area contributed by atoms with Gasteiger partial charge in [-0.3, -0.25) is 4.98 Å². The summed E-state index contributed by atoms with van der Waals surface area (Å²) in [6.07, 6.45) is 0. The fourth-order valence-electron chi connectivity index (χ4n) is 2.82. The number of nitrogens with zero attached hydrogens (tertiary/aromatic N) is 1. The SMILES string of the molecule is CCOC(=O)c1c(C)nc(C)c(C(=O)OCC)c1-c1ccc(C(=O)O)cc1. The van der Waals surface area contributed by atoms with Crippen LogP contribution in [-0.4, -0.2) is 41.2 Å². The van der Waals surface area contributed by atoms with Gasteiger partial charge in [0.1, 0.15) is 0 Å². The quantitative estimate of drug-likeness (QED) is 0.776. The third-order valence-corrected chi connectivity index (χ3v) is 3.94. The second-order valence-electron chi connectivity index (χ2n) is 5.73. The van der Waals surface area contributed by atoms with Crippen LogP contribution in [0.4, 0.5) is 0 Å². The molecule has 1 aromatic heterocycles. The average Bonchev–Trinajstić information content (AvgIpc) is 2.61. The van der Waals surface area contributed by atoms with E-state index in [1.54, 1.807) is 39.8 Å². The summed E-state index contributed by atoms with van der Waals surface area (Å²) in [7, 11) is 0. The van der Waals surface area contributed by atoms with Crippen molar-refractivity contribution >= 4 is 17.9 Å². The topological polar surface area (TPSA) is 103 Å². The molecule has 142 valence electrons. The molecule has 1 aromatic carbocycles. The van der Waals surface area contributed by atoms with E-state index < -0.39 is 17.9 Å². The van der Waals surface area contributed by atoms with Crippen LogP contribution in [0.25, 0.3) is 11.1 Å². The normalized spacial score (nSPS) is 10.4. The Balaban J connectivity index is 2.81. The van der Waals surface area contributed by atoms with Gasteiger partial charge in [-0.2, -0.15) is 0 Å². The molecule has 0 atom stereocenters. The summed E-state index contributed by atoms with van der Waals surface area (Å²) in [5.74, 6) is -2.28. The van der Waals surface area contributed by atoms with Crippen molar-refractivity contribution in [2.45, 2.75) is 27.7 Å². The molecule has 0 unspecified atom stereocenters. The first-order valence-corrected chi connectivity index (χ1v) is 8.50. The average molecular weight is 371 g/mol. The van der Waals surface area contributed by atoms with Crippen LogP contribution in [0, 0.1) is 13.8 Å². The Bertz CT molecular complexity index is 844. The van der Waals surface area contributed by atoms with E-state index >= 15 is 0 Å². The molecule has 0 saturated heterocycles.